The molecule has 1 aliphatic rings. The maximum absolute atomic E-state index is 13.1. The van der Waals surface area contributed by atoms with Crippen LogP contribution < -0.4 is 14.2 Å². The summed E-state index contributed by atoms with van der Waals surface area (Å²) in [7, 11) is 4.92. The second kappa shape index (κ2) is 7.79. The number of H-pyrrole nitrogens is 1. The van der Waals surface area contributed by atoms with E-state index in [4.69, 9.17) is 14.2 Å². The number of nitrogens with zero attached hydrogens (tertiary/aromatic N) is 1. The summed E-state index contributed by atoms with van der Waals surface area (Å²) < 4.78 is 16.2. The van der Waals surface area contributed by atoms with Crippen LogP contribution in [-0.2, 0) is 6.42 Å². The van der Waals surface area contributed by atoms with Crippen molar-refractivity contribution < 1.29 is 19.0 Å². The summed E-state index contributed by atoms with van der Waals surface area (Å²) in [5, 5.41) is 0.894. The van der Waals surface area contributed by atoms with Gasteiger partial charge in [0.25, 0.3) is 0 Å². The maximum Gasteiger partial charge on any atom is 0.178 e. The second-order valence-electron chi connectivity index (χ2n) is 7.34. The van der Waals surface area contributed by atoms with Gasteiger partial charge in [0.05, 0.1) is 27.9 Å². The standard InChI is InChI=1S/C23H26N2O4/c1-14-17-11-23(29-4)22(28-3)9-15(17)7-8-25(14)13-21(26)19-12-24-20-6-5-16(27-2)10-18(19)20/h5-6,9-12,14,24H,7-8,13H2,1-4H3/t14-/m0/s1. The molecule has 0 saturated heterocycles. The summed E-state index contributed by atoms with van der Waals surface area (Å²) in [5.74, 6) is 2.30. The topological polar surface area (TPSA) is 63.8 Å². The van der Waals surface area contributed by atoms with Crippen LogP contribution in [-0.4, -0.2) is 50.1 Å². The molecule has 0 aliphatic carbocycles. The molecule has 0 spiro atoms. The van der Waals surface area contributed by atoms with Gasteiger partial charge in [-0.25, -0.2) is 0 Å². The summed E-state index contributed by atoms with van der Waals surface area (Å²) in [4.78, 5) is 18.5. The zero-order chi connectivity index (χ0) is 20.5. The van der Waals surface area contributed by atoms with E-state index in [0.29, 0.717) is 12.1 Å². The summed E-state index contributed by atoms with van der Waals surface area (Å²) in [6.45, 7) is 3.32. The Hall–Kier alpha value is -2.99. The fourth-order valence-electron chi connectivity index (χ4n) is 4.14. The van der Waals surface area contributed by atoms with Crippen LogP contribution in [0.1, 0.15) is 34.5 Å². The summed E-state index contributed by atoms with van der Waals surface area (Å²) in [6.07, 6.45) is 2.66. The number of rotatable bonds is 6. The van der Waals surface area contributed by atoms with E-state index in [9.17, 15) is 4.79 Å². The van der Waals surface area contributed by atoms with Gasteiger partial charge in [0, 0.05) is 35.2 Å². The lowest BCUT2D eigenvalue weighted by Gasteiger charge is -2.35. The monoisotopic (exact) mass is 394 g/mol. The van der Waals surface area contributed by atoms with Crippen LogP contribution >= 0.6 is 0 Å². The van der Waals surface area contributed by atoms with Crippen molar-refractivity contribution in [3.05, 3.63) is 53.2 Å². The Labute approximate surface area is 170 Å². The van der Waals surface area contributed by atoms with Crippen molar-refractivity contribution in [3.63, 3.8) is 0 Å². The Bertz CT molecular complexity index is 1060. The van der Waals surface area contributed by atoms with E-state index in [1.54, 1.807) is 27.5 Å². The molecule has 152 valence electrons. The minimum atomic E-state index is 0.0975. The van der Waals surface area contributed by atoms with Crippen molar-refractivity contribution in [1.82, 2.24) is 9.88 Å². The van der Waals surface area contributed by atoms with Crippen molar-refractivity contribution in [2.75, 3.05) is 34.4 Å². The number of carbonyl (C=O) groups excluding carboxylic acids is 1. The Morgan fingerprint density at radius 3 is 2.59 bits per heavy atom. The first-order valence-electron chi connectivity index (χ1n) is 9.73. The van der Waals surface area contributed by atoms with Crippen molar-refractivity contribution in [2.45, 2.75) is 19.4 Å². The number of aromatic nitrogens is 1. The predicted molar refractivity (Wildman–Crippen MR) is 112 cm³/mol. The molecule has 1 N–H and O–H groups in total. The van der Waals surface area contributed by atoms with E-state index >= 15 is 0 Å². The Morgan fingerprint density at radius 2 is 1.86 bits per heavy atom. The van der Waals surface area contributed by atoms with Gasteiger partial charge in [-0.15, -0.1) is 0 Å². The zero-order valence-corrected chi connectivity index (χ0v) is 17.2. The fraction of sp³-hybridized carbons (Fsp3) is 0.348. The number of hydrogen-bond acceptors (Lipinski definition) is 5. The van der Waals surface area contributed by atoms with Crippen molar-refractivity contribution in [3.8, 4) is 17.2 Å². The highest BCUT2D eigenvalue weighted by molar-refractivity contribution is 6.09. The molecule has 29 heavy (non-hydrogen) atoms. The smallest absolute Gasteiger partial charge is 0.178 e. The Morgan fingerprint density at radius 1 is 1.10 bits per heavy atom. The number of methoxy groups -OCH3 is 3. The zero-order valence-electron chi connectivity index (χ0n) is 17.2. The van der Waals surface area contributed by atoms with E-state index in [1.807, 2.05) is 24.3 Å². The number of benzene rings is 2. The van der Waals surface area contributed by atoms with Crippen LogP contribution in [0.2, 0.25) is 0 Å². The normalized spacial score (nSPS) is 16.5. The third kappa shape index (κ3) is 3.44. The van der Waals surface area contributed by atoms with E-state index in [-0.39, 0.29) is 11.8 Å². The van der Waals surface area contributed by atoms with E-state index < -0.39 is 0 Å². The molecule has 1 aliphatic heterocycles. The number of ketones is 1. The summed E-state index contributed by atoms with van der Waals surface area (Å²) in [6, 6.07) is 9.93. The molecule has 0 amide bonds. The Kier molecular flexibility index (Phi) is 5.20. The number of ether oxygens (including phenoxy) is 3. The molecule has 0 fully saturated rings. The highest BCUT2D eigenvalue weighted by Gasteiger charge is 2.28. The lowest BCUT2D eigenvalue weighted by atomic mass is 9.92. The third-order valence-electron chi connectivity index (χ3n) is 5.85. The van der Waals surface area contributed by atoms with Crippen LogP contribution in [0.3, 0.4) is 0 Å². The minimum Gasteiger partial charge on any atom is -0.497 e. The SMILES string of the molecule is COc1ccc2[nH]cc(C(=O)CN3CCc4cc(OC)c(OC)cc4[C@@H]3C)c2c1. The fourth-order valence-corrected chi connectivity index (χ4v) is 4.14. The van der Waals surface area contributed by atoms with Gasteiger partial charge >= 0.3 is 0 Å². The molecule has 6 heteroatoms. The minimum absolute atomic E-state index is 0.0975. The lowest BCUT2D eigenvalue weighted by Crippen LogP contribution is -2.37. The van der Waals surface area contributed by atoms with Crippen LogP contribution in [0.4, 0.5) is 0 Å². The van der Waals surface area contributed by atoms with Gasteiger partial charge in [-0.1, -0.05) is 0 Å². The van der Waals surface area contributed by atoms with Crippen molar-refractivity contribution >= 4 is 16.7 Å². The first kappa shape index (κ1) is 19.3. The number of hydrogen-bond donors (Lipinski definition) is 1. The van der Waals surface area contributed by atoms with Crippen molar-refractivity contribution in [1.29, 1.82) is 0 Å². The highest BCUT2D eigenvalue weighted by atomic mass is 16.5. The van der Waals surface area contributed by atoms with Gasteiger partial charge in [-0.05, 0) is 54.8 Å². The molecular weight excluding hydrogens is 368 g/mol. The largest absolute Gasteiger partial charge is 0.497 e. The molecule has 2 aromatic carbocycles. The number of Topliss-reactive ketones (excluding diaryl/α,β-unsaturated/α-hetero) is 1. The molecule has 0 bridgehead atoms. The summed E-state index contributed by atoms with van der Waals surface area (Å²) in [5.41, 5.74) is 4.06. The first-order valence-corrected chi connectivity index (χ1v) is 9.73. The maximum atomic E-state index is 13.1. The van der Waals surface area contributed by atoms with Gasteiger partial charge in [-0.3, -0.25) is 9.69 Å². The molecular formula is C23H26N2O4. The number of aromatic amines is 1. The van der Waals surface area contributed by atoms with Gasteiger partial charge in [0.2, 0.25) is 0 Å². The Balaban J connectivity index is 1.59. The molecule has 1 atom stereocenters. The van der Waals surface area contributed by atoms with Crippen LogP contribution in [0, 0.1) is 0 Å². The quantitative estimate of drug-likeness (QED) is 0.641. The number of carbonyl (C=O) groups is 1. The van der Waals surface area contributed by atoms with Gasteiger partial charge in [0.15, 0.2) is 17.3 Å². The summed E-state index contributed by atoms with van der Waals surface area (Å²) >= 11 is 0. The van der Waals surface area contributed by atoms with Crippen LogP contribution in [0.25, 0.3) is 10.9 Å². The molecule has 3 aromatic rings. The molecule has 0 saturated carbocycles. The van der Waals surface area contributed by atoms with E-state index in [1.165, 1.54) is 11.1 Å². The van der Waals surface area contributed by atoms with Gasteiger partial charge in [-0.2, -0.15) is 0 Å². The molecule has 0 unspecified atom stereocenters. The van der Waals surface area contributed by atoms with Gasteiger partial charge < -0.3 is 19.2 Å². The predicted octanol–water partition coefficient (Wildman–Crippen LogP) is 4.00. The van der Waals surface area contributed by atoms with E-state index in [2.05, 4.69) is 22.9 Å². The third-order valence-corrected chi connectivity index (χ3v) is 5.85. The van der Waals surface area contributed by atoms with Gasteiger partial charge in [0.1, 0.15) is 5.75 Å². The van der Waals surface area contributed by atoms with Crippen LogP contribution in [0.15, 0.2) is 36.5 Å². The van der Waals surface area contributed by atoms with Crippen molar-refractivity contribution in [2.24, 2.45) is 0 Å². The molecule has 1 aromatic heterocycles. The molecule has 6 nitrogen and oxygen atoms in total. The van der Waals surface area contributed by atoms with E-state index in [0.717, 1.165) is 41.1 Å². The molecule has 2 heterocycles. The number of fused-ring (bicyclic) bond motifs is 2. The molecule has 4 rings (SSSR count). The second-order valence-corrected chi connectivity index (χ2v) is 7.34. The average molecular weight is 394 g/mol. The number of nitrogens with one attached hydrogen (secondary N) is 1. The van der Waals surface area contributed by atoms with Crippen LogP contribution in [0.5, 0.6) is 17.2 Å². The lowest BCUT2D eigenvalue weighted by molar-refractivity contribution is 0.0892. The first-order chi connectivity index (χ1) is 14.0. The highest BCUT2D eigenvalue weighted by Crippen LogP contribution is 2.38. The average Bonchev–Trinajstić information content (AvgIpc) is 3.18. The molecule has 0 radical (unpaired) electrons.